The molecule has 2 heterocycles. The lowest BCUT2D eigenvalue weighted by molar-refractivity contribution is -0.159. The van der Waals surface area contributed by atoms with Gasteiger partial charge in [-0.2, -0.15) is 0 Å². The second-order valence-electron chi connectivity index (χ2n) is 8.13. The van der Waals surface area contributed by atoms with E-state index in [0.717, 1.165) is 5.56 Å². The van der Waals surface area contributed by atoms with Gasteiger partial charge >= 0.3 is 5.97 Å². The number of esters is 1. The molecule has 0 saturated carbocycles. The molecule has 1 saturated heterocycles. The fourth-order valence-electron chi connectivity index (χ4n) is 4.42. The minimum absolute atomic E-state index is 0.0122. The van der Waals surface area contributed by atoms with Crippen molar-refractivity contribution in [2.75, 3.05) is 18.1 Å². The van der Waals surface area contributed by atoms with Crippen LogP contribution >= 0.6 is 0 Å². The van der Waals surface area contributed by atoms with Crippen molar-refractivity contribution in [1.29, 1.82) is 0 Å². The molecule has 4 rings (SSSR count). The number of nitrogens with zero attached hydrogens (tertiary/aromatic N) is 2. The van der Waals surface area contributed by atoms with E-state index in [1.807, 2.05) is 45.0 Å². The highest BCUT2D eigenvalue weighted by Gasteiger charge is 2.62. The lowest BCUT2D eigenvalue weighted by atomic mass is 9.95. The highest BCUT2D eigenvalue weighted by atomic mass is 16.6. The maximum absolute atomic E-state index is 13.4. The zero-order chi connectivity index (χ0) is 22.2. The van der Waals surface area contributed by atoms with Gasteiger partial charge in [-0.3, -0.25) is 14.5 Å². The summed E-state index contributed by atoms with van der Waals surface area (Å²) in [6.07, 6.45) is 0.363. The predicted octanol–water partition coefficient (Wildman–Crippen LogP) is 3.30. The number of ether oxygens (including phenoxy) is 2. The first-order valence-corrected chi connectivity index (χ1v) is 10.5. The average Bonchev–Trinajstić information content (AvgIpc) is 3.10. The first-order chi connectivity index (χ1) is 14.9. The Balaban J connectivity index is 1.58. The molecule has 1 fully saturated rings. The summed E-state index contributed by atoms with van der Waals surface area (Å²) in [7, 11) is 0. The lowest BCUT2D eigenvalue weighted by Crippen LogP contribution is -2.70. The van der Waals surface area contributed by atoms with Crippen LogP contribution in [0, 0.1) is 6.92 Å². The summed E-state index contributed by atoms with van der Waals surface area (Å²) in [4.78, 5) is 42.5. The van der Waals surface area contributed by atoms with Crippen molar-refractivity contribution in [3.05, 3.63) is 59.7 Å². The summed E-state index contributed by atoms with van der Waals surface area (Å²) < 4.78 is 11.2. The lowest BCUT2D eigenvalue weighted by Gasteiger charge is -2.50. The summed E-state index contributed by atoms with van der Waals surface area (Å²) in [5.41, 5.74) is 0.526. The Hall–Kier alpha value is -3.35. The Kier molecular flexibility index (Phi) is 5.43. The second-order valence-corrected chi connectivity index (χ2v) is 8.13. The standard InChI is InChI=1S/C24H26N2O5/c1-16(2)25-22(28)19-6-4-5-7-20(19)26-21(27)12-13-24(25,26)23(29)31-15-14-30-18-10-8-17(3)9-11-18/h4-11,16H,12-15H2,1-3H3/t24-/m1/s1. The van der Waals surface area contributed by atoms with Crippen molar-refractivity contribution in [3.63, 3.8) is 0 Å². The average molecular weight is 422 g/mol. The molecule has 162 valence electrons. The van der Waals surface area contributed by atoms with Crippen LogP contribution in [0.3, 0.4) is 0 Å². The number of hydrogen-bond acceptors (Lipinski definition) is 5. The molecule has 1 atom stereocenters. The van der Waals surface area contributed by atoms with E-state index < -0.39 is 11.6 Å². The van der Waals surface area contributed by atoms with Crippen molar-refractivity contribution in [2.24, 2.45) is 0 Å². The molecule has 31 heavy (non-hydrogen) atoms. The number of benzene rings is 2. The van der Waals surface area contributed by atoms with Crippen LogP contribution in [0.4, 0.5) is 5.69 Å². The molecule has 2 amide bonds. The number of fused-ring (bicyclic) bond motifs is 3. The summed E-state index contributed by atoms with van der Waals surface area (Å²) in [6.45, 7) is 5.84. The summed E-state index contributed by atoms with van der Waals surface area (Å²) >= 11 is 0. The fourth-order valence-corrected chi connectivity index (χ4v) is 4.42. The van der Waals surface area contributed by atoms with Crippen LogP contribution in [-0.2, 0) is 14.3 Å². The molecule has 0 spiro atoms. The molecule has 0 radical (unpaired) electrons. The number of carbonyl (C=O) groups excluding carboxylic acids is 3. The van der Waals surface area contributed by atoms with Crippen LogP contribution < -0.4 is 9.64 Å². The first kappa shape index (κ1) is 20.9. The quantitative estimate of drug-likeness (QED) is 0.527. The Morgan fingerprint density at radius 1 is 1.06 bits per heavy atom. The highest BCUT2D eigenvalue weighted by Crippen LogP contribution is 2.45. The van der Waals surface area contributed by atoms with Gasteiger partial charge in [0.2, 0.25) is 11.6 Å². The fraction of sp³-hybridized carbons (Fsp3) is 0.375. The largest absolute Gasteiger partial charge is 0.490 e. The van der Waals surface area contributed by atoms with Crippen molar-refractivity contribution in [1.82, 2.24) is 4.90 Å². The van der Waals surface area contributed by atoms with Gasteiger partial charge in [0.15, 0.2) is 0 Å². The number of amides is 2. The van der Waals surface area contributed by atoms with Gasteiger partial charge in [-0.15, -0.1) is 0 Å². The first-order valence-electron chi connectivity index (χ1n) is 10.5. The summed E-state index contributed by atoms with van der Waals surface area (Å²) in [6, 6.07) is 14.2. The van der Waals surface area contributed by atoms with Crippen LogP contribution in [0.1, 0.15) is 42.6 Å². The third-order valence-electron chi connectivity index (χ3n) is 5.75. The molecule has 2 aliphatic rings. The Morgan fingerprint density at radius 2 is 1.77 bits per heavy atom. The smallest absolute Gasteiger partial charge is 0.353 e. The topological polar surface area (TPSA) is 76.1 Å². The Morgan fingerprint density at radius 3 is 2.48 bits per heavy atom. The minimum atomic E-state index is -1.47. The van der Waals surface area contributed by atoms with Crippen molar-refractivity contribution in [3.8, 4) is 5.75 Å². The van der Waals surface area contributed by atoms with Gasteiger partial charge in [-0.25, -0.2) is 4.79 Å². The predicted molar refractivity (Wildman–Crippen MR) is 115 cm³/mol. The number of para-hydroxylation sites is 1. The number of rotatable bonds is 6. The third-order valence-corrected chi connectivity index (χ3v) is 5.75. The van der Waals surface area contributed by atoms with Gasteiger partial charge in [-0.1, -0.05) is 29.8 Å². The van der Waals surface area contributed by atoms with Gasteiger partial charge in [0, 0.05) is 18.9 Å². The van der Waals surface area contributed by atoms with E-state index in [-0.39, 0.29) is 43.9 Å². The van der Waals surface area contributed by atoms with E-state index in [0.29, 0.717) is 17.0 Å². The van der Waals surface area contributed by atoms with E-state index in [9.17, 15) is 14.4 Å². The molecule has 0 N–H and O–H groups in total. The highest BCUT2D eigenvalue weighted by molar-refractivity contribution is 6.15. The second kappa shape index (κ2) is 8.06. The van der Waals surface area contributed by atoms with Crippen LogP contribution in [0.25, 0.3) is 0 Å². The number of anilines is 1. The van der Waals surface area contributed by atoms with Gasteiger partial charge in [0.1, 0.15) is 19.0 Å². The Bertz CT molecular complexity index is 1020. The third kappa shape index (κ3) is 3.44. The molecule has 0 unspecified atom stereocenters. The van der Waals surface area contributed by atoms with Gasteiger partial charge < -0.3 is 14.4 Å². The summed E-state index contributed by atoms with van der Waals surface area (Å²) in [5, 5.41) is 0. The maximum atomic E-state index is 13.4. The minimum Gasteiger partial charge on any atom is -0.490 e. The molecule has 2 aromatic rings. The van der Waals surface area contributed by atoms with E-state index in [4.69, 9.17) is 9.47 Å². The molecule has 7 heteroatoms. The molecular weight excluding hydrogens is 396 g/mol. The van der Waals surface area contributed by atoms with E-state index >= 15 is 0 Å². The van der Waals surface area contributed by atoms with Gasteiger partial charge in [0.05, 0.1) is 11.3 Å². The van der Waals surface area contributed by atoms with Crippen molar-refractivity contribution < 1.29 is 23.9 Å². The number of hydrogen-bond donors (Lipinski definition) is 0. The van der Waals surface area contributed by atoms with E-state index in [1.165, 1.54) is 9.80 Å². The zero-order valence-corrected chi connectivity index (χ0v) is 18.0. The normalized spacial score (nSPS) is 20.0. The molecular formula is C24H26N2O5. The van der Waals surface area contributed by atoms with Crippen molar-refractivity contribution >= 4 is 23.5 Å². The van der Waals surface area contributed by atoms with E-state index in [1.54, 1.807) is 24.3 Å². The number of aryl methyl sites for hydroxylation is 1. The van der Waals surface area contributed by atoms with Crippen LogP contribution in [0.15, 0.2) is 48.5 Å². The monoisotopic (exact) mass is 422 g/mol. The number of carbonyl (C=O) groups is 3. The molecule has 2 aromatic carbocycles. The van der Waals surface area contributed by atoms with E-state index in [2.05, 4.69) is 0 Å². The maximum Gasteiger partial charge on any atom is 0.353 e. The molecule has 0 aromatic heterocycles. The molecule has 0 aliphatic carbocycles. The Labute approximate surface area is 181 Å². The zero-order valence-electron chi connectivity index (χ0n) is 18.0. The van der Waals surface area contributed by atoms with Crippen LogP contribution in [-0.4, -0.2) is 47.6 Å². The molecule has 0 bridgehead atoms. The van der Waals surface area contributed by atoms with Gasteiger partial charge in [-0.05, 0) is 45.0 Å². The SMILES string of the molecule is Cc1ccc(OCCOC(=O)[C@@]23CCC(=O)N2c2ccccc2C(=O)N3C(C)C)cc1. The van der Waals surface area contributed by atoms with Crippen LogP contribution in [0.2, 0.25) is 0 Å². The molecule has 7 nitrogen and oxygen atoms in total. The van der Waals surface area contributed by atoms with Crippen LogP contribution in [0.5, 0.6) is 5.75 Å². The summed E-state index contributed by atoms with van der Waals surface area (Å²) in [5.74, 6) is -0.395. The van der Waals surface area contributed by atoms with Gasteiger partial charge in [0.25, 0.3) is 5.91 Å². The van der Waals surface area contributed by atoms with Crippen molar-refractivity contribution in [2.45, 2.75) is 45.3 Å². The molecule has 2 aliphatic heterocycles.